The van der Waals surface area contributed by atoms with Crippen LogP contribution in [0.15, 0.2) is 24.7 Å². The van der Waals surface area contributed by atoms with E-state index in [4.69, 9.17) is 9.47 Å². The zero-order chi connectivity index (χ0) is 18.9. The Labute approximate surface area is 157 Å². The maximum Gasteiger partial charge on any atom is 0.269 e. The Balaban J connectivity index is 1.31. The monoisotopic (exact) mass is 372 g/mol. The lowest BCUT2D eigenvalue weighted by molar-refractivity contribution is -0.0455. The van der Waals surface area contributed by atoms with Crippen LogP contribution in [-0.2, 0) is 11.8 Å². The number of amides is 1. The fourth-order valence-electron chi connectivity index (χ4n) is 3.97. The third kappa shape index (κ3) is 3.34. The standard InChI is InChI=1S/C18H24N6O3/c1-23-14(4-7-22-23)17(25)19-6-3-13-5-8-27-18(13)10-24(11-18)15-9-16(26-2)21-12-20-15/h4,7,9,12-13H,3,5-6,8,10-11H2,1-2H3,(H,19,25). The number of nitrogens with one attached hydrogen (secondary N) is 1. The van der Waals surface area contributed by atoms with E-state index in [-0.39, 0.29) is 11.5 Å². The molecule has 4 rings (SSSR count). The Bertz CT molecular complexity index is 817. The summed E-state index contributed by atoms with van der Waals surface area (Å²) in [5, 5.41) is 7.02. The molecule has 0 saturated carbocycles. The first-order valence-corrected chi connectivity index (χ1v) is 9.12. The number of rotatable bonds is 6. The van der Waals surface area contributed by atoms with E-state index in [0.29, 0.717) is 24.0 Å². The van der Waals surface area contributed by atoms with Crippen LogP contribution in [0.25, 0.3) is 0 Å². The Morgan fingerprint density at radius 3 is 3.04 bits per heavy atom. The quantitative estimate of drug-likeness (QED) is 0.795. The highest BCUT2D eigenvalue weighted by molar-refractivity contribution is 5.92. The second-order valence-corrected chi connectivity index (χ2v) is 7.06. The molecule has 0 radical (unpaired) electrons. The maximum absolute atomic E-state index is 12.2. The van der Waals surface area contributed by atoms with Crippen molar-refractivity contribution in [3.05, 3.63) is 30.4 Å². The smallest absolute Gasteiger partial charge is 0.269 e. The van der Waals surface area contributed by atoms with E-state index in [0.717, 1.165) is 38.4 Å². The van der Waals surface area contributed by atoms with Gasteiger partial charge in [0.05, 0.1) is 20.2 Å². The van der Waals surface area contributed by atoms with Crippen molar-refractivity contribution in [2.45, 2.75) is 18.4 Å². The molecule has 4 heterocycles. The first-order chi connectivity index (χ1) is 13.1. The van der Waals surface area contributed by atoms with Crippen LogP contribution in [0.4, 0.5) is 5.82 Å². The van der Waals surface area contributed by atoms with Crippen molar-refractivity contribution in [2.75, 3.05) is 38.3 Å². The van der Waals surface area contributed by atoms with Crippen LogP contribution in [0.3, 0.4) is 0 Å². The molecule has 2 saturated heterocycles. The zero-order valence-electron chi connectivity index (χ0n) is 15.6. The molecule has 1 unspecified atom stereocenters. The van der Waals surface area contributed by atoms with Gasteiger partial charge in [-0.15, -0.1) is 0 Å². The number of ether oxygens (including phenoxy) is 2. The lowest BCUT2D eigenvalue weighted by atomic mass is 9.79. The molecular weight excluding hydrogens is 348 g/mol. The largest absolute Gasteiger partial charge is 0.481 e. The van der Waals surface area contributed by atoms with Crippen LogP contribution < -0.4 is 15.0 Å². The minimum atomic E-state index is -0.143. The van der Waals surface area contributed by atoms with Gasteiger partial charge in [0.15, 0.2) is 0 Å². The minimum Gasteiger partial charge on any atom is -0.481 e. The topological polar surface area (TPSA) is 94.4 Å². The third-order valence-corrected chi connectivity index (χ3v) is 5.51. The molecule has 1 N–H and O–H groups in total. The lowest BCUT2D eigenvalue weighted by Crippen LogP contribution is -2.65. The summed E-state index contributed by atoms with van der Waals surface area (Å²) in [7, 11) is 3.36. The second kappa shape index (κ2) is 7.15. The van der Waals surface area contributed by atoms with Crippen LogP contribution in [0.2, 0.25) is 0 Å². The number of carbonyl (C=O) groups excluding carboxylic acids is 1. The number of aryl methyl sites for hydroxylation is 1. The van der Waals surface area contributed by atoms with Crippen LogP contribution in [0.1, 0.15) is 23.3 Å². The molecule has 2 aromatic heterocycles. The predicted molar refractivity (Wildman–Crippen MR) is 97.7 cm³/mol. The van der Waals surface area contributed by atoms with Gasteiger partial charge in [0.25, 0.3) is 5.91 Å². The summed E-state index contributed by atoms with van der Waals surface area (Å²) in [4.78, 5) is 22.8. The second-order valence-electron chi connectivity index (χ2n) is 7.06. The van der Waals surface area contributed by atoms with E-state index in [1.54, 1.807) is 31.1 Å². The van der Waals surface area contributed by atoms with E-state index in [9.17, 15) is 4.79 Å². The summed E-state index contributed by atoms with van der Waals surface area (Å²) >= 11 is 0. The highest BCUT2D eigenvalue weighted by Crippen LogP contribution is 2.43. The summed E-state index contributed by atoms with van der Waals surface area (Å²) in [5.41, 5.74) is 0.426. The molecule has 9 heteroatoms. The van der Waals surface area contributed by atoms with Gasteiger partial charge in [0.1, 0.15) is 23.4 Å². The summed E-state index contributed by atoms with van der Waals surface area (Å²) in [6, 6.07) is 3.56. The Hall–Kier alpha value is -2.68. The molecular formula is C18H24N6O3. The van der Waals surface area contributed by atoms with Crippen molar-refractivity contribution in [1.82, 2.24) is 25.1 Å². The number of anilines is 1. The maximum atomic E-state index is 12.2. The van der Waals surface area contributed by atoms with Crippen molar-refractivity contribution in [2.24, 2.45) is 13.0 Å². The first kappa shape index (κ1) is 17.7. The van der Waals surface area contributed by atoms with Gasteiger partial charge in [0.2, 0.25) is 5.88 Å². The van der Waals surface area contributed by atoms with Gasteiger partial charge in [-0.05, 0) is 24.8 Å². The molecule has 9 nitrogen and oxygen atoms in total. The minimum absolute atomic E-state index is 0.0914. The molecule has 144 valence electrons. The predicted octanol–water partition coefficient (Wildman–Crippen LogP) is 0.634. The fraction of sp³-hybridized carbons (Fsp3) is 0.556. The summed E-state index contributed by atoms with van der Waals surface area (Å²) < 4.78 is 12.9. The van der Waals surface area contributed by atoms with Gasteiger partial charge >= 0.3 is 0 Å². The van der Waals surface area contributed by atoms with Crippen molar-refractivity contribution in [3.8, 4) is 5.88 Å². The van der Waals surface area contributed by atoms with E-state index in [1.165, 1.54) is 6.33 Å². The van der Waals surface area contributed by atoms with Crippen LogP contribution >= 0.6 is 0 Å². The number of carbonyl (C=O) groups is 1. The molecule has 0 aliphatic carbocycles. The average Bonchev–Trinajstić information content (AvgIpc) is 3.26. The van der Waals surface area contributed by atoms with Gasteiger partial charge in [-0.3, -0.25) is 9.48 Å². The number of hydrogen-bond acceptors (Lipinski definition) is 7. The Morgan fingerprint density at radius 1 is 1.44 bits per heavy atom. The van der Waals surface area contributed by atoms with Gasteiger partial charge in [-0.1, -0.05) is 0 Å². The number of aromatic nitrogens is 4. The first-order valence-electron chi connectivity index (χ1n) is 9.12. The van der Waals surface area contributed by atoms with Crippen LogP contribution in [0, 0.1) is 5.92 Å². The van der Waals surface area contributed by atoms with Crippen molar-refractivity contribution >= 4 is 11.7 Å². The average molecular weight is 372 g/mol. The van der Waals surface area contributed by atoms with Crippen molar-refractivity contribution in [3.63, 3.8) is 0 Å². The highest BCUT2D eigenvalue weighted by Gasteiger charge is 2.53. The number of hydrogen-bond donors (Lipinski definition) is 1. The zero-order valence-corrected chi connectivity index (χ0v) is 15.6. The molecule has 2 aliphatic heterocycles. The molecule has 1 atom stereocenters. The van der Waals surface area contributed by atoms with E-state index in [2.05, 4.69) is 25.3 Å². The fourth-order valence-corrected chi connectivity index (χ4v) is 3.97. The summed E-state index contributed by atoms with van der Waals surface area (Å²) in [6.07, 6.45) is 5.05. The van der Waals surface area contributed by atoms with Gasteiger partial charge in [-0.25, -0.2) is 9.97 Å². The molecule has 27 heavy (non-hydrogen) atoms. The molecule has 1 spiro atoms. The van der Waals surface area contributed by atoms with Gasteiger partial charge in [-0.2, -0.15) is 5.10 Å². The molecule has 2 aliphatic rings. The Morgan fingerprint density at radius 2 is 2.30 bits per heavy atom. The van der Waals surface area contributed by atoms with E-state index < -0.39 is 0 Å². The van der Waals surface area contributed by atoms with E-state index in [1.807, 2.05) is 6.07 Å². The lowest BCUT2D eigenvalue weighted by Gasteiger charge is -2.50. The Kier molecular flexibility index (Phi) is 4.69. The number of nitrogens with zero attached hydrogens (tertiary/aromatic N) is 5. The highest BCUT2D eigenvalue weighted by atomic mass is 16.5. The van der Waals surface area contributed by atoms with Crippen molar-refractivity contribution < 1.29 is 14.3 Å². The molecule has 1 amide bonds. The molecule has 2 fully saturated rings. The SMILES string of the molecule is COc1cc(N2CC3(C2)OCCC3CCNC(=O)c2ccnn2C)ncn1. The molecule has 2 aromatic rings. The van der Waals surface area contributed by atoms with Gasteiger partial charge in [0, 0.05) is 32.5 Å². The van der Waals surface area contributed by atoms with Gasteiger partial charge < -0.3 is 19.7 Å². The summed E-state index contributed by atoms with van der Waals surface area (Å²) in [6.45, 7) is 2.99. The molecule has 0 aromatic carbocycles. The third-order valence-electron chi connectivity index (χ3n) is 5.51. The number of methoxy groups -OCH3 is 1. The van der Waals surface area contributed by atoms with E-state index >= 15 is 0 Å². The normalized spacial score (nSPS) is 20.5. The van der Waals surface area contributed by atoms with Crippen LogP contribution in [0.5, 0.6) is 5.88 Å². The van der Waals surface area contributed by atoms with Crippen LogP contribution in [-0.4, -0.2) is 64.6 Å². The molecule has 0 bridgehead atoms. The van der Waals surface area contributed by atoms with Crippen molar-refractivity contribution in [1.29, 1.82) is 0 Å². The summed E-state index contributed by atoms with van der Waals surface area (Å²) in [5.74, 6) is 1.74.